The molecule has 0 saturated carbocycles. The predicted octanol–water partition coefficient (Wildman–Crippen LogP) is 2.47. The molecule has 2 rings (SSSR count). The summed E-state index contributed by atoms with van der Waals surface area (Å²) >= 11 is 0. The number of amides is 1. The summed E-state index contributed by atoms with van der Waals surface area (Å²) in [6.45, 7) is 3.87. The van der Waals surface area contributed by atoms with Gasteiger partial charge < -0.3 is 5.32 Å². The van der Waals surface area contributed by atoms with Crippen LogP contribution in [0, 0.1) is 0 Å². The van der Waals surface area contributed by atoms with Crippen LogP contribution in [-0.2, 0) is 10.2 Å². The Morgan fingerprint density at radius 3 is 2.79 bits per heavy atom. The van der Waals surface area contributed by atoms with Gasteiger partial charge in [-0.05, 0) is 25.5 Å². The minimum Gasteiger partial charge on any atom is -0.325 e. The Balaban J connectivity index is 2.59. The lowest BCUT2D eigenvalue weighted by molar-refractivity contribution is -0.118. The molecule has 1 aliphatic heterocycles. The van der Waals surface area contributed by atoms with Crippen LogP contribution in [0.1, 0.15) is 19.4 Å². The second-order valence-electron chi connectivity index (χ2n) is 3.70. The molecule has 0 radical (unpaired) electrons. The van der Waals surface area contributed by atoms with Crippen molar-refractivity contribution in [3.63, 3.8) is 0 Å². The number of nitrogens with one attached hydrogen (secondary N) is 1. The third-order valence-corrected chi connectivity index (χ3v) is 2.71. The van der Waals surface area contributed by atoms with Gasteiger partial charge >= 0.3 is 0 Å². The molecule has 1 aliphatic rings. The number of carbonyl (C=O) groups is 1. The third-order valence-electron chi connectivity index (χ3n) is 2.71. The van der Waals surface area contributed by atoms with Gasteiger partial charge in [-0.1, -0.05) is 30.4 Å². The van der Waals surface area contributed by atoms with E-state index in [1.54, 1.807) is 0 Å². The van der Waals surface area contributed by atoms with Gasteiger partial charge in [0.05, 0.1) is 5.41 Å². The summed E-state index contributed by atoms with van der Waals surface area (Å²) in [4.78, 5) is 11.8. The highest BCUT2D eigenvalue weighted by Gasteiger charge is 2.39. The minimum atomic E-state index is -0.495. The summed E-state index contributed by atoms with van der Waals surface area (Å²) in [5.41, 5.74) is 1.49. The van der Waals surface area contributed by atoms with E-state index < -0.39 is 5.41 Å². The van der Waals surface area contributed by atoms with E-state index in [1.807, 2.05) is 50.3 Å². The Morgan fingerprint density at radius 2 is 2.07 bits per heavy atom. The van der Waals surface area contributed by atoms with Crippen LogP contribution < -0.4 is 5.32 Å². The first-order valence-corrected chi connectivity index (χ1v) is 4.73. The smallest absolute Gasteiger partial charge is 0.238 e. The Kier molecular flexibility index (Phi) is 1.92. The van der Waals surface area contributed by atoms with Crippen LogP contribution in [0.25, 0.3) is 0 Å². The number of carbonyl (C=O) groups excluding carboxylic acids is 1. The molecule has 0 bridgehead atoms. The Morgan fingerprint density at radius 1 is 1.36 bits per heavy atom. The van der Waals surface area contributed by atoms with Gasteiger partial charge in [0.2, 0.25) is 5.91 Å². The fraction of sp³-hybridized carbons (Fsp3) is 0.250. The molecule has 1 heterocycles. The summed E-state index contributed by atoms with van der Waals surface area (Å²) in [7, 11) is 0. The Bertz CT molecular complexity index is 409. The van der Waals surface area contributed by atoms with Crippen LogP contribution in [0.15, 0.2) is 36.4 Å². The van der Waals surface area contributed by atoms with Crippen molar-refractivity contribution in [2.45, 2.75) is 19.3 Å². The zero-order valence-electron chi connectivity index (χ0n) is 8.37. The molecule has 14 heavy (non-hydrogen) atoms. The average Bonchev–Trinajstić information content (AvgIpc) is 2.41. The number of rotatable bonds is 1. The Labute approximate surface area is 83.6 Å². The lowest BCUT2D eigenvalue weighted by Gasteiger charge is -2.16. The molecular formula is C12H13NO. The van der Waals surface area contributed by atoms with E-state index in [1.165, 1.54) is 0 Å². The lowest BCUT2D eigenvalue weighted by atomic mass is 9.83. The van der Waals surface area contributed by atoms with E-state index >= 15 is 0 Å². The molecule has 1 N–H and O–H groups in total. The number of para-hydroxylation sites is 1. The second-order valence-corrected chi connectivity index (χ2v) is 3.70. The maximum Gasteiger partial charge on any atom is 0.238 e. The molecule has 0 aliphatic carbocycles. The number of anilines is 1. The summed E-state index contributed by atoms with van der Waals surface area (Å²) in [6, 6.07) is 7.82. The van der Waals surface area contributed by atoms with E-state index in [4.69, 9.17) is 0 Å². The highest BCUT2D eigenvalue weighted by Crippen LogP contribution is 2.38. The maximum absolute atomic E-state index is 11.8. The molecule has 1 amide bonds. The molecule has 2 nitrogen and oxygen atoms in total. The van der Waals surface area contributed by atoms with Gasteiger partial charge in [-0.25, -0.2) is 0 Å². The number of hydrogen-bond donors (Lipinski definition) is 1. The molecule has 72 valence electrons. The van der Waals surface area contributed by atoms with Crippen LogP contribution in [0.5, 0.6) is 0 Å². The van der Waals surface area contributed by atoms with Crippen LogP contribution in [-0.4, -0.2) is 5.91 Å². The fourth-order valence-electron chi connectivity index (χ4n) is 1.92. The average molecular weight is 187 g/mol. The normalized spacial score (nSPS) is 25.1. The largest absolute Gasteiger partial charge is 0.325 e. The van der Waals surface area contributed by atoms with Crippen molar-refractivity contribution in [2.24, 2.45) is 0 Å². The summed E-state index contributed by atoms with van der Waals surface area (Å²) in [6.07, 6.45) is 3.86. The van der Waals surface area contributed by atoms with Crippen molar-refractivity contribution in [1.29, 1.82) is 0 Å². The fourth-order valence-corrected chi connectivity index (χ4v) is 1.92. The lowest BCUT2D eigenvalue weighted by Crippen LogP contribution is -2.28. The van der Waals surface area contributed by atoms with Gasteiger partial charge in [0.1, 0.15) is 0 Å². The van der Waals surface area contributed by atoms with Crippen molar-refractivity contribution in [1.82, 2.24) is 0 Å². The molecule has 1 unspecified atom stereocenters. The van der Waals surface area contributed by atoms with Crippen LogP contribution in [0.4, 0.5) is 5.69 Å². The van der Waals surface area contributed by atoms with Gasteiger partial charge in [0.15, 0.2) is 0 Å². The van der Waals surface area contributed by atoms with Crippen molar-refractivity contribution >= 4 is 11.6 Å². The van der Waals surface area contributed by atoms with Gasteiger partial charge in [-0.2, -0.15) is 0 Å². The molecule has 1 aromatic rings. The van der Waals surface area contributed by atoms with Gasteiger partial charge in [0.25, 0.3) is 0 Å². The van der Waals surface area contributed by atoms with Crippen LogP contribution in [0.2, 0.25) is 0 Å². The molecule has 0 spiro atoms. The summed E-state index contributed by atoms with van der Waals surface area (Å²) in [5.74, 6) is 0.0526. The van der Waals surface area contributed by atoms with Crippen molar-refractivity contribution in [3.05, 3.63) is 42.0 Å². The van der Waals surface area contributed by atoms with E-state index in [0.29, 0.717) is 0 Å². The summed E-state index contributed by atoms with van der Waals surface area (Å²) < 4.78 is 0. The van der Waals surface area contributed by atoms with Crippen molar-refractivity contribution in [3.8, 4) is 0 Å². The van der Waals surface area contributed by atoms with Gasteiger partial charge in [-0.3, -0.25) is 4.79 Å². The number of benzene rings is 1. The van der Waals surface area contributed by atoms with Gasteiger partial charge in [0, 0.05) is 5.69 Å². The highest BCUT2D eigenvalue weighted by molar-refractivity contribution is 6.07. The molecule has 0 aromatic heterocycles. The molecule has 1 aromatic carbocycles. The maximum atomic E-state index is 11.8. The van der Waals surface area contributed by atoms with Crippen molar-refractivity contribution < 1.29 is 4.79 Å². The predicted molar refractivity (Wildman–Crippen MR) is 57.2 cm³/mol. The topological polar surface area (TPSA) is 29.1 Å². The molecule has 0 fully saturated rings. The monoisotopic (exact) mass is 187 g/mol. The molecule has 0 saturated heterocycles. The van der Waals surface area contributed by atoms with Crippen LogP contribution >= 0.6 is 0 Å². The molecule has 1 atom stereocenters. The molecule has 2 heteroatoms. The first-order chi connectivity index (χ1) is 6.68. The third kappa shape index (κ3) is 1.07. The number of allylic oxidation sites excluding steroid dienone is 1. The zero-order chi connectivity index (χ0) is 10.2. The number of hydrogen-bond acceptors (Lipinski definition) is 1. The first-order valence-electron chi connectivity index (χ1n) is 4.73. The first kappa shape index (κ1) is 9.00. The molecular weight excluding hydrogens is 174 g/mol. The van der Waals surface area contributed by atoms with Gasteiger partial charge in [-0.15, -0.1) is 0 Å². The van der Waals surface area contributed by atoms with Crippen LogP contribution in [0.3, 0.4) is 0 Å². The van der Waals surface area contributed by atoms with Crippen molar-refractivity contribution in [2.75, 3.05) is 5.32 Å². The van der Waals surface area contributed by atoms with E-state index in [9.17, 15) is 4.79 Å². The second kappa shape index (κ2) is 2.98. The summed E-state index contributed by atoms with van der Waals surface area (Å²) in [5, 5.41) is 2.88. The highest BCUT2D eigenvalue weighted by atomic mass is 16.2. The SMILES string of the molecule is C/C=C/C1(C)C(=O)Nc2ccccc21. The van der Waals surface area contributed by atoms with E-state index in [2.05, 4.69) is 5.32 Å². The Hall–Kier alpha value is -1.57. The van der Waals surface area contributed by atoms with E-state index in [-0.39, 0.29) is 5.91 Å². The quantitative estimate of drug-likeness (QED) is 0.672. The standard InChI is InChI=1S/C12H13NO/c1-3-8-12(2)9-6-4-5-7-10(9)13-11(12)14/h3-8H,1-2H3,(H,13,14)/b8-3+. The minimum absolute atomic E-state index is 0.0526. The zero-order valence-corrected chi connectivity index (χ0v) is 8.37. The number of fused-ring (bicyclic) bond motifs is 1. The van der Waals surface area contributed by atoms with E-state index in [0.717, 1.165) is 11.3 Å².